The Hall–Kier alpha value is 0.651. The first-order valence-corrected chi connectivity index (χ1v) is 3.47. The third-order valence-corrected chi connectivity index (χ3v) is 0.406. The molecule has 0 saturated heterocycles. The number of aromatic amines is 1. The Balaban J connectivity index is 0. The van der Waals surface area contributed by atoms with E-state index in [0.29, 0.717) is 0 Å². The van der Waals surface area contributed by atoms with Crippen molar-refractivity contribution in [2.24, 2.45) is 0 Å². The standard InChI is InChI=1S/C3H4N2.Ba.H2O4S/c1-2-5-3-4-1;;1-5(2,3)4/h1-3H,(H,4,5);;(H2,1,2,3,4)/q;+1;/p-1. The molecule has 0 aliphatic heterocycles. The van der Waals surface area contributed by atoms with Crippen molar-refractivity contribution >= 4 is 59.3 Å². The zero-order valence-corrected chi connectivity index (χ0v) is 10.7. The van der Waals surface area contributed by atoms with Gasteiger partial charge in [0.25, 0.3) is 0 Å². The van der Waals surface area contributed by atoms with Gasteiger partial charge in [-0.3, -0.25) is 4.55 Å². The first-order valence-electron chi connectivity index (χ1n) is 2.11. The summed E-state index contributed by atoms with van der Waals surface area (Å²) in [5, 5.41) is 0. The molecule has 1 rings (SSSR count). The number of H-pyrrole nitrogens is 1. The van der Waals surface area contributed by atoms with Gasteiger partial charge < -0.3 is 9.54 Å². The largest absolute Gasteiger partial charge is 1.00 e. The molecule has 1 heterocycles. The summed E-state index contributed by atoms with van der Waals surface area (Å²) in [5.41, 5.74) is 0. The summed E-state index contributed by atoms with van der Waals surface area (Å²) in [6.07, 6.45) is 5.08. The number of nitrogens with one attached hydrogen (secondary N) is 1. The molecule has 0 spiro atoms. The summed E-state index contributed by atoms with van der Waals surface area (Å²) in [5.74, 6) is 0. The van der Waals surface area contributed by atoms with Gasteiger partial charge in [0.1, 0.15) is 0 Å². The van der Waals surface area contributed by atoms with E-state index in [-0.39, 0.29) is 48.9 Å². The van der Waals surface area contributed by atoms with Gasteiger partial charge in [0, 0.05) is 12.4 Å². The zero-order valence-electron chi connectivity index (χ0n) is 5.47. The van der Waals surface area contributed by atoms with E-state index >= 15 is 0 Å². The second-order valence-electron chi connectivity index (χ2n) is 1.19. The Morgan fingerprint density at radius 1 is 1.55 bits per heavy atom. The normalized spacial score (nSPS) is 8.91. The Labute approximate surface area is 104 Å². The van der Waals surface area contributed by atoms with Crippen molar-refractivity contribution in [3.63, 3.8) is 0 Å². The van der Waals surface area contributed by atoms with Crippen LogP contribution in [0, 0.1) is 0 Å². The first-order chi connectivity index (χ1) is 4.50. The van der Waals surface area contributed by atoms with E-state index in [4.69, 9.17) is 17.5 Å². The number of rotatable bonds is 0. The van der Waals surface area contributed by atoms with Crippen molar-refractivity contribution in [1.82, 2.24) is 9.97 Å². The number of nitrogens with zero attached hydrogens (tertiary/aromatic N) is 1. The zero-order chi connectivity index (χ0) is 8.04. The van der Waals surface area contributed by atoms with Gasteiger partial charge in [-0.1, -0.05) is 0 Å². The summed E-state index contributed by atoms with van der Waals surface area (Å²) in [7, 11) is -4.92. The Morgan fingerprint density at radius 3 is 2.09 bits per heavy atom. The maximum absolute atomic E-state index is 8.63. The Bertz CT molecular complexity index is 219. The van der Waals surface area contributed by atoms with Crippen LogP contribution >= 0.6 is 0 Å². The molecule has 0 unspecified atom stereocenters. The first kappa shape index (κ1) is 14.2. The van der Waals surface area contributed by atoms with Crippen molar-refractivity contribution in [3.05, 3.63) is 18.7 Å². The molecule has 1 radical (unpaired) electrons. The van der Waals surface area contributed by atoms with E-state index in [0.717, 1.165) is 0 Å². The van der Waals surface area contributed by atoms with Crippen LogP contribution in [0.5, 0.6) is 0 Å². The molecular formula is C3H5BaN2O4S. The molecule has 59 valence electrons. The molecule has 0 amide bonds. The molecule has 0 aliphatic carbocycles. The van der Waals surface area contributed by atoms with Crippen LogP contribution in [-0.4, -0.2) is 76.4 Å². The van der Waals surface area contributed by atoms with Crippen LogP contribution in [-0.2, 0) is 10.4 Å². The number of hydrogen-bond donors (Lipinski definition) is 2. The second kappa shape index (κ2) is 7.31. The number of hydrogen-bond acceptors (Lipinski definition) is 4. The summed E-state index contributed by atoms with van der Waals surface area (Å²) in [6, 6.07) is 0. The fraction of sp³-hybridized carbons (Fsp3) is 0. The predicted octanol–water partition coefficient (Wildman–Crippen LogP) is -0.967. The maximum atomic E-state index is 8.63. The number of imidazole rings is 1. The quantitative estimate of drug-likeness (QED) is 0.364. The van der Waals surface area contributed by atoms with Crippen LogP contribution in [0.2, 0.25) is 0 Å². The van der Waals surface area contributed by atoms with Crippen molar-refractivity contribution in [2.75, 3.05) is 0 Å². The molecule has 1 aromatic heterocycles. The van der Waals surface area contributed by atoms with Gasteiger partial charge in [-0.2, -0.15) is 0 Å². The van der Waals surface area contributed by atoms with E-state index in [1.165, 1.54) is 0 Å². The minimum atomic E-state index is -4.92. The minimum absolute atomic E-state index is 0. The summed E-state index contributed by atoms with van der Waals surface area (Å²) < 4.78 is 32.8. The average Bonchev–Trinajstić information content (AvgIpc) is 2.07. The van der Waals surface area contributed by atoms with Gasteiger partial charge in [-0.05, 0) is 0 Å². The van der Waals surface area contributed by atoms with Crippen molar-refractivity contribution in [2.45, 2.75) is 0 Å². The van der Waals surface area contributed by atoms with E-state index in [2.05, 4.69) is 9.97 Å². The van der Waals surface area contributed by atoms with Crippen molar-refractivity contribution < 1.29 is 17.5 Å². The number of aromatic nitrogens is 2. The SMILES string of the molecule is O=S(=O)([O-])O.[Ba+].c1c[nH]cn1. The molecule has 0 atom stereocenters. The molecule has 8 heteroatoms. The molecule has 2 N–H and O–H groups in total. The Morgan fingerprint density at radius 2 is 2.00 bits per heavy atom. The summed E-state index contributed by atoms with van der Waals surface area (Å²) in [4.78, 5) is 6.42. The fourth-order valence-corrected chi connectivity index (χ4v) is 0.215. The van der Waals surface area contributed by atoms with E-state index in [1.54, 1.807) is 18.7 Å². The fourth-order valence-electron chi connectivity index (χ4n) is 0.215. The molecule has 0 fully saturated rings. The molecule has 0 aliphatic rings. The minimum Gasteiger partial charge on any atom is -0.726 e. The van der Waals surface area contributed by atoms with Gasteiger partial charge >= 0.3 is 48.9 Å². The third kappa shape index (κ3) is 25.0. The summed E-state index contributed by atoms with van der Waals surface area (Å²) >= 11 is 0. The topological polar surface area (TPSA) is 106 Å². The van der Waals surface area contributed by atoms with Crippen molar-refractivity contribution in [3.8, 4) is 0 Å². The van der Waals surface area contributed by atoms with Gasteiger partial charge in [0.05, 0.1) is 6.33 Å². The van der Waals surface area contributed by atoms with E-state index in [1.807, 2.05) is 0 Å². The maximum Gasteiger partial charge on any atom is 1.00 e. The molecule has 11 heavy (non-hydrogen) atoms. The molecule has 1 aromatic rings. The van der Waals surface area contributed by atoms with Crippen LogP contribution in [0.4, 0.5) is 0 Å². The van der Waals surface area contributed by atoms with Crippen LogP contribution < -0.4 is 0 Å². The molecular weight excluding hydrogens is 297 g/mol. The smallest absolute Gasteiger partial charge is 0.726 e. The van der Waals surface area contributed by atoms with Crippen molar-refractivity contribution in [1.29, 1.82) is 0 Å². The van der Waals surface area contributed by atoms with Crippen LogP contribution in [0.25, 0.3) is 0 Å². The molecule has 0 saturated carbocycles. The van der Waals surface area contributed by atoms with Gasteiger partial charge in [0.15, 0.2) is 0 Å². The van der Waals surface area contributed by atoms with Gasteiger partial charge in [-0.25, -0.2) is 13.4 Å². The predicted molar refractivity (Wildman–Crippen MR) is 36.7 cm³/mol. The molecule has 0 aromatic carbocycles. The monoisotopic (exact) mass is 303 g/mol. The van der Waals surface area contributed by atoms with Crippen LogP contribution in [0.1, 0.15) is 0 Å². The molecule has 6 nitrogen and oxygen atoms in total. The second-order valence-corrected chi connectivity index (χ2v) is 2.04. The van der Waals surface area contributed by atoms with Crippen LogP contribution in [0.15, 0.2) is 18.7 Å². The van der Waals surface area contributed by atoms with E-state index in [9.17, 15) is 0 Å². The molecule has 0 bridgehead atoms. The van der Waals surface area contributed by atoms with E-state index < -0.39 is 10.4 Å². The third-order valence-electron chi connectivity index (χ3n) is 0.406. The van der Waals surface area contributed by atoms with Gasteiger partial charge in [0.2, 0.25) is 10.4 Å². The average molecular weight is 302 g/mol. The summed E-state index contributed by atoms with van der Waals surface area (Å²) in [6.45, 7) is 0. The Kier molecular flexibility index (Phi) is 9.43. The van der Waals surface area contributed by atoms with Crippen LogP contribution in [0.3, 0.4) is 0 Å². The van der Waals surface area contributed by atoms with Gasteiger partial charge in [-0.15, -0.1) is 0 Å².